The molecule has 0 radical (unpaired) electrons. The average molecular weight is 970 g/mol. The highest BCUT2D eigenvalue weighted by molar-refractivity contribution is 6.14. The van der Waals surface area contributed by atoms with E-state index in [1.807, 2.05) is 84.9 Å². The van der Waals surface area contributed by atoms with Gasteiger partial charge < -0.3 is 19.4 Å². The fourth-order valence-electron chi connectivity index (χ4n) is 11.2. The molecular formula is C67H39N9. The van der Waals surface area contributed by atoms with Crippen LogP contribution in [0.4, 0.5) is 5.69 Å². The van der Waals surface area contributed by atoms with Gasteiger partial charge in [0.05, 0.1) is 79.4 Å². The first-order chi connectivity index (χ1) is 37.4. The molecule has 14 rings (SSSR count). The molecule has 0 saturated heterocycles. The Balaban J connectivity index is 0.898. The summed E-state index contributed by atoms with van der Waals surface area (Å²) in [6.07, 6.45) is 0. The minimum absolute atomic E-state index is 0.453. The summed E-state index contributed by atoms with van der Waals surface area (Å²) in [7, 11) is 0. The predicted octanol–water partition coefficient (Wildman–Crippen LogP) is 15.6. The van der Waals surface area contributed by atoms with Crippen LogP contribution in [-0.4, -0.2) is 23.7 Å². The highest BCUT2D eigenvalue weighted by Crippen LogP contribution is 2.41. The van der Waals surface area contributed by atoms with Crippen LogP contribution in [0.25, 0.3) is 128 Å². The first kappa shape index (κ1) is 43.7. The van der Waals surface area contributed by atoms with Crippen molar-refractivity contribution in [2.45, 2.75) is 0 Å². The van der Waals surface area contributed by atoms with Crippen molar-refractivity contribution in [2.24, 2.45) is 0 Å². The number of anilines is 1. The summed E-state index contributed by atoms with van der Waals surface area (Å²) in [6, 6.07) is 83.1. The van der Waals surface area contributed by atoms with Crippen LogP contribution in [0.3, 0.4) is 0 Å². The van der Waals surface area contributed by atoms with Crippen molar-refractivity contribution in [3.63, 3.8) is 0 Å². The van der Waals surface area contributed by atoms with Gasteiger partial charge in [0.25, 0.3) is 0 Å². The second kappa shape index (κ2) is 17.3. The number of rotatable bonds is 7. The molecule has 0 bridgehead atoms. The van der Waals surface area contributed by atoms with E-state index >= 15 is 0 Å². The summed E-state index contributed by atoms with van der Waals surface area (Å²) in [5.41, 5.74) is 23.9. The lowest BCUT2D eigenvalue weighted by Crippen LogP contribution is -1.99. The van der Waals surface area contributed by atoms with Gasteiger partial charge in [0.2, 0.25) is 0 Å². The maximum atomic E-state index is 9.98. The topological polar surface area (TPSA) is 138 Å². The minimum atomic E-state index is 0.453. The maximum Gasteiger partial charge on any atom is 0.161 e. The number of aromatic nitrogens is 5. The summed E-state index contributed by atoms with van der Waals surface area (Å²) in [4.78, 5) is 9.93. The molecule has 76 heavy (non-hydrogen) atoms. The van der Waals surface area contributed by atoms with Crippen LogP contribution >= 0.6 is 0 Å². The molecule has 0 unspecified atom stereocenters. The van der Waals surface area contributed by atoms with Crippen LogP contribution in [0.2, 0.25) is 0 Å². The van der Waals surface area contributed by atoms with E-state index in [0.29, 0.717) is 45.2 Å². The molecule has 10 aromatic carbocycles. The molecular weight excluding hydrogens is 931 g/mol. The smallest absolute Gasteiger partial charge is 0.161 e. The number of nitrogens with zero attached hydrogens (tertiary/aromatic N) is 8. The third kappa shape index (κ3) is 6.91. The van der Waals surface area contributed by atoms with Gasteiger partial charge in [-0.2, -0.15) is 15.8 Å². The van der Waals surface area contributed by atoms with Crippen LogP contribution in [-0.2, 0) is 0 Å². The quantitative estimate of drug-likeness (QED) is 0.158. The van der Waals surface area contributed by atoms with Crippen LogP contribution in [0.5, 0.6) is 0 Å². The number of nitriles is 3. The van der Waals surface area contributed by atoms with Crippen LogP contribution < -0.4 is 5.73 Å². The molecule has 0 fully saturated rings. The molecule has 2 N–H and O–H groups in total. The van der Waals surface area contributed by atoms with E-state index < -0.39 is 0 Å². The lowest BCUT2D eigenvalue weighted by molar-refractivity contribution is 1.16. The van der Waals surface area contributed by atoms with Crippen molar-refractivity contribution >= 4 is 71.1 Å². The second-order valence-corrected chi connectivity index (χ2v) is 19.0. The van der Waals surface area contributed by atoms with Crippen molar-refractivity contribution in [1.29, 1.82) is 15.8 Å². The van der Waals surface area contributed by atoms with Crippen molar-refractivity contribution < 1.29 is 0 Å². The van der Waals surface area contributed by atoms with E-state index in [0.717, 1.165) is 94.0 Å². The molecule has 4 aromatic heterocycles. The minimum Gasteiger partial charge on any atom is -0.398 e. The van der Waals surface area contributed by atoms with Crippen LogP contribution in [0, 0.1) is 34.0 Å². The van der Waals surface area contributed by atoms with E-state index in [2.05, 4.69) is 165 Å². The standard InChI is InChI=1S/C67H39N9/c68-38-41-17-29-63-54(33-41)55-34-42(39-69)18-30-64(55)76(63)49-28-32-66-57(36-49)56-35-48(75-61-15-7-4-11-51(61)52-12-5-8-16-62(52)75)27-31-65(56)74(66)47-25-23-44(24-26-47)43-19-21-45(22-20-43)59-37-60(53-13-3-6-14-58(53)71)73-67(72-59)50-10-2-1-9-46(50)40-70/h1-37H,71H2. The number of benzene rings is 10. The Labute approximate surface area is 435 Å². The van der Waals surface area contributed by atoms with Gasteiger partial charge in [-0.05, 0) is 132 Å². The lowest BCUT2D eigenvalue weighted by Gasteiger charge is -2.12. The summed E-state index contributed by atoms with van der Waals surface area (Å²) < 4.78 is 6.94. The molecule has 9 nitrogen and oxygen atoms in total. The zero-order valence-electron chi connectivity index (χ0n) is 40.5. The van der Waals surface area contributed by atoms with Gasteiger partial charge in [-0.1, -0.05) is 103 Å². The highest BCUT2D eigenvalue weighted by Gasteiger charge is 2.21. The Hall–Kier alpha value is -11.1. The van der Waals surface area contributed by atoms with Gasteiger partial charge in [0.1, 0.15) is 0 Å². The molecule has 0 spiro atoms. The van der Waals surface area contributed by atoms with Gasteiger partial charge in [0, 0.05) is 71.8 Å². The highest BCUT2D eigenvalue weighted by atomic mass is 15.0. The van der Waals surface area contributed by atoms with Gasteiger partial charge in [-0.3, -0.25) is 0 Å². The Morgan fingerprint density at radius 3 is 1.30 bits per heavy atom. The number of para-hydroxylation sites is 3. The maximum absolute atomic E-state index is 9.98. The first-order valence-corrected chi connectivity index (χ1v) is 24.8. The van der Waals surface area contributed by atoms with Gasteiger partial charge in [0.15, 0.2) is 5.82 Å². The molecule has 0 aliphatic carbocycles. The molecule has 14 aromatic rings. The molecule has 0 amide bonds. The third-order valence-corrected chi connectivity index (χ3v) is 14.7. The van der Waals surface area contributed by atoms with Crippen LogP contribution in [0.15, 0.2) is 224 Å². The summed E-state index contributed by atoms with van der Waals surface area (Å²) in [5, 5.41) is 36.2. The number of nitrogens with two attached hydrogens (primary N) is 1. The number of hydrogen-bond acceptors (Lipinski definition) is 6. The van der Waals surface area contributed by atoms with E-state index in [4.69, 9.17) is 15.7 Å². The summed E-state index contributed by atoms with van der Waals surface area (Å²) in [6.45, 7) is 0. The molecule has 0 saturated carbocycles. The van der Waals surface area contributed by atoms with Crippen LogP contribution in [0.1, 0.15) is 16.7 Å². The zero-order chi connectivity index (χ0) is 51.0. The predicted molar refractivity (Wildman–Crippen MR) is 305 cm³/mol. The molecule has 0 aliphatic rings. The van der Waals surface area contributed by atoms with E-state index in [1.165, 1.54) is 10.8 Å². The molecule has 4 heterocycles. The Kier molecular flexibility index (Phi) is 9.96. The Bertz CT molecular complexity index is 4730. The van der Waals surface area contributed by atoms with Crippen molar-refractivity contribution in [3.05, 3.63) is 241 Å². The summed E-state index contributed by atoms with van der Waals surface area (Å²) in [5.74, 6) is 0.453. The lowest BCUT2D eigenvalue weighted by atomic mass is 10.0. The van der Waals surface area contributed by atoms with Gasteiger partial charge >= 0.3 is 0 Å². The first-order valence-electron chi connectivity index (χ1n) is 24.8. The van der Waals surface area contributed by atoms with E-state index in [1.54, 1.807) is 6.07 Å². The van der Waals surface area contributed by atoms with Crippen molar-refractivity contribution in [3.8, 4) is 80.3 Å². The second-order valence-electron chi connectivity index (χ2n) is 19.0. The van der Waals surface area contributed by atoms with E-state index in [-0.39, 0.29) is 0 Å². The molecule has 9 heteroatoms. The van der Waals surface area contributed by atoms with Crippen molar-refractivity contribution in [2.75, 3.05) is 5.73 Å². The molecule has 0 atom stereocenters. The van der Waals surface area contributed by atoms with Crippen molar-refractivity contribution in [1.82, 2.24) is 23.7 Å². The van der Waals surface area contributed by atoms with Gasteiger partial charge in [-0.25, -0.2) is 9.97 Å². The molecule has 352 valence electrons. The molecule has 0 aliphatic heterocycles. The summed E-state index contributed by atoms with van der Waals surface area (Å²) >= 11 is 0. The Morgan fingerprint density at radius 2 is 0.750 bits per heavy atom. The Morgan fingerprint density at radius 1 is 0.329 bits per heavy atom. The fraction of sp³-hybridized carbons (Fsp3) is 0. The van der Waals surface area contributed by atoms with Gasteiger partial charge in [-0.15, -0.1) is 0 Å². The zero-order valence-corrected chi connectivity index (χ0v) is 40.5. The largest absolute Gasteiger partial charge is 0.398 e. The average Bonchev–Trinajstić information content (AvgIpc) is 4.13. The monoisotopic (exact) mass is 969 g/mol. The SMILES string of the molecule is N#Cc1ccc2c(c1)c1cc(C#N)ccc1n2-c1ccc2c(c1)c1cc(-n3c4ccccc4c4ccccc43)ccc1n2-c1ccc(-c2ccc(-c3cc(-c4ccccc4N)nc(-c4ccccc4C#N)n3)cc2)cc1. The number of hydrogen-bond donors (Lipinski definition) is 1. The number of fused-ring (bicyclic) bond motifs is 9. The normalized spacial score (nSPS) is 11.4. The van der Waals surface area contributed by atoms with E-state index in [9.17, 15) is 15.8 Å². The fourth-order valence-corrected chi connectivity index (χ4v) is 11.2. The number of nitrogen functional groups attached to an aromatic ring is 1. The third-order valence-electron chi connectivity index (χ3n) is 14.7.